The van der Waals surface area contributed by atoms with Crippen molar-refractivity contribution in [1.29, 1.82) is 0 Å². The van der Waals surface area contributed by atoms with E-state index in [1.807, 2.05) is 25.3 Å². The highest BCUT2D eigenvalue weighted by molar-refractivity contribution is 7.98. The first-order valence-corrected chi connectivity index (χ1v) is 8.93. The highest BCUT2D eigenvalue weighted by Crippen LogP contribution is 2.26. The van der Waals surface area contributed by atoms with Crippen LogP contribution in [0.4, 0.5) is 0 Å². The van der Waals surface area contributed by atoms with Gasteiger partial charge < -0.3 is 14.8 Å². The van der Waals surface area contributed by atoms with Crippen LogP contribution in [0.15, 0.2) is 23.1 Å². The zero-order chi connectivity index (χ0) is 16.2. The van der Waals surface area contributed by atoms with Crippen molar-refractivity contribution in [3.05, 3.63) is 28.8 Å². The van der Waals surface area contributed by atoms with Gasteiger partial charge in [0.2, 0.25) is 0 Å². The number of hydrogen-bond donors (Lipinski definition) is 1. The Balaban J connectivity index is 1.89. The Hall–Kier alpha value is -0.750. The van der Waals surface area contributed by atoms with Crippen molar-refractivity contribution >= 4 is 29.3 Å². The van der Waals surface area contributed by atoms with Gasteiger partial charge in [-0.2, -0.15) is 0 Å². The van der Waals surface area contributed by atoms with Crippen LogP contribution in [0, 0.1) is 5.92 Å². The summed E-state index contributed by atoms with van der Waals surface area (Å²) in [4.78, 5) is 13.3. The number of thioether (sulfide) groups is 1. The summed E-state index contributed by atoms with van der Waals surface area (Å²) < 4.78 is 11.2. The minimum Gasteiger partial charge on any atom is -0.352 e. The molecule has 1 aromatic rings. The smallest absolute Gasteiger partial charge is 0.252 e. The van der Waals surface area contributed by atoms with E-state index >= 15 is 0 Å². The molecule has 1 aromatic carbocycles. The second kappa shape index (κ2) is 7.68. The largest absolute Gasteiger partial charge is 0.352 e. The van der Waals surface area contributed by atoms with Gasteiger partial charge in [-0.3, -0.25) is 4.79 Å². The van der Waals surface area contributed by atoms with Crippen LogP contribution in [0.3, 0.4) is 0 Å². The van der Waals surface area contributed by atoms with Crippen LogP contribution in [0.1, 0.15) is 30.6 Å². The summed E-state index contributed by atoms with van der Waals surface area (Å²) >= 11 is 7.70. The van der Waals surface area contributed by atoms with Gasteiger partial charge in [-0.05, 0) is 37.3 Å². The minimum atomic E-state index is -0.527. The van der Waals surface area contributed by atoms with E-state index in [-0.39, 0.29) is 11.8 Å². The lowest BCUT2D eigenvalue weighted by Crippen LogP contribution is -2.34. The van der Waals surface area contributed by atoms with E-state index in [1.54, 1.807) is 17.8 Å². The molecule has 122 valence electrons. The van der Waals surface area contributed by atoms with Gasteiger partial charge >= 0.3 is 0 Å². The molecular weight excluding hydrogens is 322 g/mol. The highest BCUT2D eigenvalue weighted by atomic mass is 35.5. The van der Waals surface area contributed by atoms with E-state index in [1.165, 1.54) is 0 Å². The van der Waals surface area contributed by atoms with Gasteiger partial charge in [-0.1, -0.05) is 18.5 Å². The van der Waals surface area contributed by atoms with Crippen LogP contribution in [0.5, 0.6) is 0 Å². The summed E-state index contributed by atoms with van der Waals surface area (Å²) in [7, 11) is 0. The van der Waals surface area contributed by atoms with Crippen molar-refractivity contribution in [2.24, 2.45) is 5.92 Å². The van der Waals surface area contributed by atoms with E-state index in [0.29, 0.717) is 30.3 Å². The maximum absolute atomic E-state index is 12.3. The van der Waals surface area contributed by atoms with Gasteiger partial charge in [-0.15, -0.1) is 11.8 Å². The van der Waals surface area contributed by atoms with Crippen molar-refractivity contribution in [1.82, 2.24) is 5.32 Å². The molecule has 1 amide bonds. The molecule has 1 heterocycles. The third-order valence-corrected chi connectivity index (χ3v) is 4.70. The molecule has 1 unspecified atom stereocenters. The molecule has 0 aromatic heterocycles. The molecule has 0 aliphatic carbocycles. The fraction of sp³-hybridized carbons (Fsp3) is 0.562. The molecule has 4 nitrogen and oxygen atoms in total. The molecule has 1 fully saturated rings. The molecule has 0 saturated carbocycles. The van der Waals surface area contributed by atoms with Crippen LogP contribution in [0.25, 0.3) is 0 Å². The minimum absolute atomic E-state index is 0.147. The zero-order valence-corrected chi connectivity index (χ0v) is 14.7. The predicted octanol–water partition coefficient (Wildman–Crippen LogP) is 3.58. The molecular formula is C16H22ClNO3S. The lowest BCUT2D eigenvalue weighted by atomic mass is 10.0. The normalized spacial score (nSPS) is 18.2. The van der Waals surface area contributed by atoms with Crippen LogP contribution >= 0.6 is 23.4 Å². The molecule has 0 bridgehead atoms. The van der Waals surface area contributed by atoms with Crippen molar-refractivity contribution in [2.45, 2.75) is 31.0 Å². The summed E-state index contributed by atoms with van der Waals surface area (Å²) in [6.45, 7) is 5.83. The van der Waals surface area contributed by atoms with Gasteiger partial charge in [0.05, 0.1) is 23.8 Å². The number of carbonyl (C=O) groups is 1. The van der Waals surface area contributed by atoms with E-state index < -0.39 is 5.79 Å². The molecule has 22 heavy (non-hydrogen) atoms. The molecule has 1 atom stereocenters. The van der Waals surface area contributed by atoms with E-state index in [0.717, 1.165) is 11.3 Å². The van der Waals surface area contributed by atoms with Gasteiger partial charge in [0.15, 0.2) is 5.79 Å². The molecule has 2 rings (SSSR count). The van der Waals surface area contributed by atoms with Crippen molar-refractivity contribution in [3.63, 3.8) is 0 Å². The van der Waals surface area contributed by atoms with Gasteiger partial charge in [0.25, 0.3) is 5.91 Å². The van der Waals surface area contributed by atoms with Gasteiger partial charge in [0.1, 0.15) is 0 Å². The Labute approximate surface area is 140 Å². The van der Waals surface area contributed by atoms with E-state index in [9.17, 15) is 4.79 Å². The van der Waals surface area contributed by atoms with E-state index in [4.69, 9.17) is 21.1 Å². The number of amides is 1. The quantitative estimate of drug-likeness (QED) is 0.802. The van der Waals surface area contributed by atoms with Crippen molar-refractivity contribution < 1.29 is 14.3 Å². The van der Waals surface area contributed by atoms with Crippen molar-refractivity contribution in [2.75, 3.05) is 26.0 Å². The number of halogens is 1. The Morgan fingerprint density at radius 2 is 2.14 bits per heavy atom. The summed E-state index contributed by atoms with van der Waals surface area (Å²) in [6.07, 6.45) is 2.71. The number of hydrogen-bond acceptors (Lipinski definition) is 4. The zero-order valence-electron chi connectivity index (χ0n) is 13.1. The molecule has 1 aliphatic heterocycles. The third-order valence-electron chi connectivity index (χ3n) is 3.65. The first-order chi connectivity index (χ1) is 10.4. The number of rotatable bonds is 6. The molecule has 1 aliphatic rings. The highest BCUT2D eigenvalue weighted by Gasteiger charge is 2.32. The SMILES string of the molecule is CSc1ccc(Cl)c(C(=O)NCC(C)CC2(C)OCCO2)c1. The summed E-state index contributed by atoms with van der Waals surface area (Å²) in [5.74, 6) is -0.429. The maximum Gasteiger partial charge on any atom is 0.252 e. The maximum atomic E-state index is 12.3. The average molecular weight is 344 g/mol. The molecule has 1 N–H and O–H groups in total. The number of nitrogens with one attached hydrogen (secondary N) is 1. The Kier molecular flexibility index (Phi) is 6.15. The lowest BCUT2D eigenvalue weighted by molar-refractivity contribution is -0.153. The second-order valence-corrected chi connectivity index (χ2v) is 6.98. The molecule has 6 heteroatoms. The third kappa shape index (κ3) is 4.62. The Bertz CT molecular complexity index is 532. The Morgan fingerprint density at radius 3 is 2.77 bits per heavy atom. The van der Waals surface area contributed by atoms with E-state index in [2.05, 4.69) is 12.2 Å². The summed E-state index contributed by atoms with van der Waals surface area (Å²) in [5, 5.41) is 3.41. The van der Waals surface area contributed by atoms with Crippen LogP contribution < -0.4 is 5.32 Å². The monoisotopic (exact) mass is 343 g/mol. The summed E-state index contributed by atoms with van der Waals surface area (Å²) in [5.41, 5.74) is 0.514. The lowest BCUT2D eigenvalue weighted by Gasteiger charge is -2.26. The number of carbonyl (C=O) groups excluding carboxylic acids is 1. The first kappa shape index (κ1) is 17.6. The topological polar surface area (TPSA) is 47.6 Å². The fourth-order valence-corrected chi connectivity index (χ4v) is 3.19. The van der Waals surface area contributed by atoms with Gasteiger partial charge in [0, 0.05) is 17.9 Å². The predicted molar refractivity (Wildman–Crippen MR) is 89.7 cm³/mol. The molecule has 1 saturated heterocycles. The van der Waals surface area contributed by atoms with Crippen LogP contribution in [-0.4, -0.2) is 37.7 Å². The van der Waals surface area contributed by atoms with Crippen molar-refractivity contribution in [3.8, 4) is 0 Å². The van der Waals surface area contributed by atoms with Crippen LogP contribution in [0.2, 0.25) is 5.02 Å². The Morgan fingerprint density at radius 1 is 1.45 bits per heavy atom. The summed E-state index contributed by atoms with van der Waals surface area (Å²) in [6, 6.07) is 5.48. The van der Waals surface area contributed by atoms with Crippen LogP contribution in [-0.2, 0) is 9.47 Å². The first-order valence-electron chi connectivity index (χ1n) is 7.33. The average Bonchev–Trinajstić information content (AvgIpc) is 2.91. The number of benzene rings is 1. The van der Waals surface area contributed by atoms with Gasteiger partial charge in [-0.25, -0.2) is 0 Å². The number of ether oxygens (including phenoxy) is 2. The molecule has 0 radical (unpaired) electrons. The molecule has 0 spiro atoms. The fourth-order valence-electron chi connectivity index (χ4n) is 2.55. The standard InChI is InChI=1S/C16H22ClNO3S/c1-11(9-16(2)20-6-7-21-16)10-18-15(19)13-8-12(22-3)4-5-14(13)17/h4-5,8,11H,6-7,9-10H2,1-3H3,(H,18,19). The second-order valence-electron chi connectivity index (χ2n) is 5.70.